The average Bonchev–Trinajstić information content (AvgIpc) is 3.06. The summed E-state index contributed by atoms with van der Waals surface area (Å²) in [4.78, 5) is 26.9. The van der Waals surface area contributed by atoms with Crippen LogP contribution >= 0.6 is 11.3 Å². The number of hydrogen-bond acceptors (Lipinski definition) is 3. The first-order chi connectivity index (χ1) is 11.1. The van der Waals surface area contributed by atoms with E-state index < -0.39 is 12.0 Å². The number of carboxylic acids is 1. The first kappa shape index (κ1) is 15.7. The molecule has 0 spiro atoms. The van der Waals surface area contributed by atoms with E-state index in [1.54, 1.807) is 11.3 Å². The second kappa shape index (κ2) is 6.96. The van der Waals surface area contributed by atoms with Gasteiger partial charge in [-0.1, -0.05) is 30.3 Å². The molecule has 0 saturated heterocycles. The minimum absolute atomic E-state index is 0.0662. The average molecular weight is 329 g/mol. The molecular weight excluding hydrogens is 310 g/mol. The van der Waals surface area contributed by atoms with E-state index >= 15 is 0 Å². The Morgan fingerprint density at radius 2 is 1.96 bits per heavy atom. The van der Waals surface area contributed by atoms with Crippen LogP contribution in [0.15, 0.2) is 41.8 Å². The summed E-state index contributed by atoms with van der Waals surface area (Å²) in [5.41, 5.74) is 2.08. The Balaban J connectivity index is 1.66. The minimum Gasteiger partial charge on any atom is -0.480 e. The van der Waals surface area contributed by atoms with Crippen molar-refractivity contribution >= 4 is 23.2 Å². The zero-order chi connectivity index (χ0) is 16.2. The number of rotatable bonds is 5. The van der Waals surface area contributed by atoms with Crippen LogP contribution in [0, 0.1) is 0 Å². The predicted molar refractivity (Wildman–Crippen MR) is 89.4 cm³/mol. The van der Waals surface area contributed by atoms with Crippen LogP contribution in [0.25, 0.3) is 0 Å². The van der Waals surface area contributed by atoms with Crippen molar-refractivity contribution in [2.45, 2.75) is 38.3 Å². The molecule has 4 nitrogen and oxygen atoms in total. The molecule has 2 heterocycles. The number of aliphatic carboxylic acids is 1. The monoisotopic (exact) mass is 329 g/mol. The van der Waals surface area contributed by atoms with Crippen molar-refractivity contribution in [2.75, 3.05) is 0 Å². The number of nitrogens with zero attached hydrogens (tertiary/aromatic N) is 1. The number of fused-ring (bicyclic) bond motifs is 1. The van der Waals surface area contributed by atoms with E-state index in [9.17, 15) is 14.7 Å². The second-order valence-electron chi connectivity index (χ2n) is 5.78. The van der Waals surface area contributed by atoms with Crippen LogP contribution in [0.4, 0.5) is 0 Å². The molecule has 23 heavy (non-hydrogen) atoms. The number of carboxylic acid groups (broad SMARTS) is 1. The Labute approximate surface area is 139 Å². The van der Waals surface area contributed by atoms with Gasteiger partial charge in [0.05, 0.1) is 0 Å². The van der Waals surface area contributed by atoms with Crippen molar-refractivity contribution in [3.05, 3.63) is 57.8 Å². The lowest BCUT2D eigenvalue weighted by Gasteiger charge is -2.34. The molecule has 3 rings (SSSR count). The molecule has 0 saturated carbocycles. The fourth-order valence-corrected chi connectivity index (χ4v) is 3.77. The Morgan fingerprint density at radius 3 is 2.65 bits per heavy atom. The van der Waals surface area contributed by atoms with Crippen LogP contribution in [0.5, 0.6) is 0 Å². The number of aryl methyl sites for hydroxylation is 1. The molecule has 0 bridgehead atoms. The Bertz CT molecular complexity index is 696. The molecule has 1 aromatic heterocycles. The SMILES string of the molecule is O=C(O)[C@@H]1Cc2ccccc2CN1C(=O)CCCc1cccs1. The van der Waals surface area contributed by atoms with E-state index in [0.717, 1.165) is 24.0 Å². The van der Waals surface area contributed by atoms with Gasteiger partial charge in [0.1, 0.15) is 6.04 Å². The fraction of sp³-hybridized carbons (Fsp3) is 0.333. The first-order valence-corrected chi connectivity index (χ1v) is 8.64. The van der Waals surface area contributed by atoms with Crippen LogP contribution < -0.4 is 0 Å². The maximum Gasteiger partial charge on any atom is 0.326 e. The fourth-order valence-electron chi connectivity index (χ4n) is 3.02. The highest BCUT2D eigenvalue weighted by Crippen LogP contribution is 2.24. The molecule has 5 heteroatoms. The van der Waals surface area contributed by atoms with Gasteiger partial charge in [-0.3, -0.25) is 4.79 Å². The summed E-state index contributed by atoms with van der Waals surface area (Å²) in [6.45, 7) is 0.394. The standard InChI is InChI=1S/C18H19NO3S/c20-17(9-3-7-15-8-4-10-23-15)19-12-14-6-2-1-5-13(14)11-16(19)18(21)22/h1-2,4-6,8,10,16H,3,7,9,11-12H2,(H,21,22)/t16-/m0/s1. The van der Waals surface area contributed by atoms with Gasteiger partial charge < -0.3 is 10.0 Å². The molecule has 1 aromatic carbocycles. The molecule has 0 unspecified atom stereocenters. The summed E-state index contributed by atoms with van der Waals surface area (Å²) in [6.07, 6.45) is 2.40. The van der Waals surface area contributed by atoms with Crippen molar-refractivity contribution in [2.24, 2.45) is 0 Å². The van der Waals surface area contributed by atoms with Crippen molar-refractivity contribution in [3.63, 3.8) is 0 Å². The highest BCUT2D eigenvalue weighted by atomic mass is 32.1. The molecular formula is C18H19NO3S. The number of hydrogen-bond donors (Lipinski definition) is 1. The molecule has 1 atom stereocenters. The van der Waals surface area contributed by atoms with E-state index in [-0.39, 0.29) is 5.91 Å². The molecule has 0 aliphatic carbocycles. The summed E-state index contributed by atoms with van der Waals surface area (Å²) in [7, 11) is 0. The van der Waals surface area contributed by atoms with Crippen LogP contribution in [-0.2, 0) is 29.0 Å². The Hall–Kier alpha value is -2.14. The molecule has 0 fully saturated rings. The van der Waals surface area contributed by atoms with Gasteiger partial charge in [-0.15, -0.1) is 11.3 Å². The van der Waals surface area contributed by atoms with Gasteiger partial charge in [0.15, 0.2) is 0 Å². The van der Waals surface area contributed by atoms with Gasteiger partial charge in [0.2, 0.25) is 5.91 Å². The van der Waals surface area contributed by atoms with Crippen LogP contribution in [0.2, 0.25) is 0 Å². The van der Waals surface area contributed by atoms with E-state index in [1.807, 2.05) is 35.7 Å². The summed E-state index contributed by atoms with van der Waals surface area (Å²) >= 11 is 1.69. The van der Waals surface area contributed by atoms with Gasteiger partial charge in [0, 0.05) is 24.3 Å². The van der Waals surface area contributed by atoms with Crippen LogP contribution in [0.1, 0.15) is 28.8 Å². The third kappa shape index (κ3) is 3.62. The molecule has 0 radical (unpaired) electrons. The van der Waals surface area contributed by atoms with E-state index in [4.69, 9.17) is 0 Å². The number of thiophene rings is 1. The molecule has 1 aliphatic heterocycles. The summed E-state index contributed by atoms with van der Waals surface area (Å²) in [6, 6.07) is 11.1. The summed E-state index contributed by atoms with van der Waals surface area (Å²) in [5.74, 6) is -0.991. The lowest BCUT2D eigenvalue weighted by Crippen LogP contribution is -2.48. The van der Waals surface area contributed by atoms with Crippen LogP contribution in [-0.4, -0.2) is 27.9 Å². The third-order valence-electron chi connectivity index (χ3n) is 4.25. The largest absolute Gasteiger partial charge is 0.480 e. The smallest absolute Gasteiger partial charge is 0.326 e. The molecule has 1 aliphatic rings. The van der Waals surface area contributed by atoms with Gasteiger partial charge in [-0.25, -0.2) is 4.79 Å². The summed E-state index contributed by atoms with van der Waals surface area (Å²) < 4.78 is 0. The van der Waals surface area contributed by atoms with Gasteiger partial charge in [-0.05, 0) is 35.4 Å². The molecule has 2 aromatic rings. The third-order valence-corrected chi connectivity index (χ3v) is 5.18. The van der Waals surface area contributed by atoms with Crippen molar-refractivity contribution < 1.29 is 14.7 Å². The lowest BCUT2D eigenvalue weighted by molar-refractivity contribution is -0.151. The van der Waals surface area contributed by atoms with Gasteiger partial charge in [-0.2, -0.15) is 0 Å². The predicted octanol–water partition coefficient (Wildman–Crippen LogP) is 3.11. The topological polar surface area (TPSA) is 57.6 Å². The highest BCUT2D eigenvalue weighted by Gasteiger charge is 2.33. The van der Waals surface area contributed by atoms with E-state index in [0.29, 0.717) is 19.4 Å². The van der Waals surface area contributed by atoms with Crippen LogP contribution in [0.3, 0.4) is 0 Å². The van der Waals surface area contributed by atoms with Crippen molar-refractivity contribution in [1.82, 2.24) is 4.90 Å². The normalized spacial score (nSPS) is 16.9. The Morgan fingerprint density at radius 1 is 1.17 bits per heavy atom. The zero-order valence-corrected chi connectivity index (χ0v) is 13.6. The van der Waals surface area contributed by atoms with Crippen molar-refractivity contribution in [3.8, 4) is 0 Å². The number of amides is 1. The van der Waals surface area contributed by atoms with Crippen molar-refractivity contribution in [1.29, 1.82) is 0 Å². The zero-order valence-electron chi connectivity index (χ0n) is 12.8. The quantitative estimate of drug-likeness (QED) is 0.917. The molecule has 1 amide bonds. The Kier molecular flexibility index (Phi) is 4.76. The maximum absolute atomic E-state index is 12.5. The highest BCUT2D eigenvalue weighted by molar-refractivity contribution is 7.09. The van der Waals surface area contributed by atoms with E-state index in [1.165, 1.54) is 9.78 Å². The lowest BCUT2D eigenvalue weighted by atomic mass is 9.93. The molecule has 120 valence electrons. The first-order valence-electron chi connectivity index (χ1n) is 7.76. The second-order valence-corrected chi connectivity index (χ2v) is 6.81. The summed E-state index contributed by atoms with van der Waals surface area (Å²) in [5, 5.41) is 11.5. The molecule has 1 N–H and O–H groups in total. The van der Waals surface area contributed by atoms with E-state index in [2.05, 4.69) is 6.07 Å². The number of benzene rings is 1. The minimum atomic E-state index is -0.925. The maximum atomic E-state index is 12.5. The van der Waals surface area contributed by atoms with Gasteiger partial charge >= 0.3 is 5.97 Å². The number of carbonyl (C=O) groups excluding carboxylic acids is 1. The number of carbonyl (C=O) groups is 2. The van der Waals surface area contributed by atoms with Gasteiger partial charge in [0.25, 0.3) is 0 Å².